The number of phenols is 1. The molecule has 0 saturated heterocycles. The van der Waals surface area contributed by atoms with E-state index in [2.05, 4.69) is 76.9 Å². The first-order chi connectivity index (χ1) is 12.5. The average molecular weight is 384 g/mol. The lowest BCUT2D eigenvalue weighted by molar-refractivity contribution is 0.438. The van der Waals surface area contributed by atoms with Crippen LogP contribution in [0.25, 0.3) is 16.7 Å². The lowest BCUT2D eigenvalue weighted by Gasteiger charge is -2.27. The van der Waals surface area contributed by atoms with Crippen molar-refractivity contribution in [3.8, 4) is 11.4 Å². The Labute approximate surface area is 166 Å². The Morgan fingerprint density at radius 1 is 0.926 bits per heavy atom. The standard InChI is InChI=1S/C22H29N3OS/c1-8-27-15-9-10-17-18(13-15)24-25(23-17)19-12-14(21(2,3)4)11-16(20(19)26)22(5,6)7/h9-13,26H,8H2,1-7H3. The van der Waals surface area contributed by atoms with Crippen molar-refractivity contribution in [2.45, 2.75) is 64.2 Å². The first-order valence-corrected chi connectivity index (χ1v) is 10.4. The zero-order chi connectivity index (χ0) is 20.0. The second kappa shape index (κ2) is 6.86. The van der Waals surface area contributed by atoms with Gasteiger partial charge in [-0.05, 0) is 46.4 Å². The monoisotopic (exact) mass is 383 g/mol. The Morgan fingerprint density at radius 3 is 2.19 bits per heavy atom. The van der Waals surface area contributed by atoms with Gasteiger partial charge in [-0.25, -0.2) is 0 Å². The Kier molecular flexibility index (Phi) is 5.02. The molecule has 0 saturated carbocycles. The van der Waals surface area contributed by atoms with E-state index in [4.69, 9.17) is 0 Å². The van der Waals surface area contributed by atoms with Crippen LogP contribution in [-0.4, -0.2) is 25.9 Å². The van der Waals surface area contributed by atoms with Crippen LogP contribution in [0.2, 0.25) is 0 Å². The summed E-state index contributed by atoms with van der Waals surface area (Å²) in [4.78, 5) is 2.75. The Balaban J connectivity index is 2.22. The SMILES string of the molecule is CCSc1ccc2nn(-c3cc(C(C)(C)C)cc(C(C)(C)C)c3O)nc2c1. The molecule has 3 rings (SSSR count). The Bertz CT molecular complexity index is 978. The fraction of sp³-hybridized carbons (Fsp3) is 0.455. The molecule has 0 atom stereocenters. The third-order valence-corrected chi connectivity index (χ3v) is 5.52. The minimum atomic E-state index is -0.183. The van der Waals surface area contributed by atoms with Gasteiger partial charge < -0.3 is 5.11 Å². The van der Waals surface area contributed by atoms with E-state index in [9.17, 15) is 5.11 Å². The fourth-order valence-corrected chi connectivity index (χ4v) is 3.73. The Hall–Kier alpha value is -2.01. The second-order valence-corrected chi connectivity index (χ2v) is 10.3. The number of rotatable bonds is 3. The van der Waals surface area contributed by atoms with Crippen molar-refractivity contribution in [1.82, 2.24) is 15.0 Å². The molecule has 2 aromatic carbocycles. The van der Waals surface area contributed by atoms with Crippen LogP contribution >= 0.6 is 11.8 Å². The van der Waals surface area contributed by atoms with Gasteiger partial charge in [-0.2, -0.15) is 0 Å². The molecule has 3 aromatic rings. The van der Waals surface area contributed by atoms with Gasteiger partial charge in [0.15, 0.2) is 0 Å². The molecular weight excluding hydrogens is 354 g/mol. The minimum absolute atomic E-state index is 0.0417. The molecule has 0 radical (unpaired) electrons. The number of aromatic hydroxyl groups is 1. The number of phenolic OH excluding ortho intramolecular Hbond substituents is 1. The molecule has 1 aromatic heterocycles. The van der Waals surface area contributed by atoms with Gasteiger partial charge >= 0.3 is 0 Å². The van der Waals surface area contributed by atoms with E-state index < -0.39 is 0 Å². The smallest absolute Gasteiger partial charge is 0.146 e. The molecule has 0 bridgehead atoms. The van der Waals surface area contributed by atoms with E-state index in [0.717, 1.165) is 27.9 Å². The molecule has 4 nitrogen and oxygen atoms in total. The van der Waals surface area contributed by atoms with Crippen LogP contribution in [0.1, 0.15) is 59.6 Å². The van der Waals surface area contributed by atoms with Crippen LogP contribution in [0.5, 0.6) is 5.75 Å². The molecule has 0 unspecified atom stereocenters. The number of nitrogens with zero attached hydrogens (tertiary/aromatic N) is 3. The summed E-state index contributed by atoms with van der Waals surface area (Å²) >= 11 is 1.78. The highest BCUT2D eigenvalue weighted by Gasteiger charge is 2.26. The topological polar surface area (TPSA) is 50.9 Å². The van der Waals surface area contributed by atoms with Crippen LogP contribution in [0.15, 0.2) is 35.2 Å². The van der Waals surface area contributed by atoms with Gasteiger partial charge in [0.1, 0.15) is 22.5 Å². The summed E-state index contributed by atoms with van der Waals surface area (Å²) < 4.78 is 0. The normalized spacial score (nSPS) is 12.7. The molecule has 0 amide bonds. The van der Waals surface area contributed by atoms with Crippen LogP contribution in [0, 0.1) is 0 Å². The fourth-order valence-electron chi connectivity index (χ4n) is 3.03. The van der Waals surface area contributed by atoms with E-state index in [0.29, 0.717) is 5.69 Å². The molecule has 0 aliphatic heterocycles. The van der Waals surface area contributed by atoms with Gasteiger partial charge in [0.2, 0.25) is 0 Å². The summed E-state index contributed by atoms with van der Waals surface area (Å²) in [7, 11) is 0. The summed E-state index contributed by atoms with van der Waals surface area (Å²) in [5.41, 5.74) is 4.14. The zero-order valence-electron chi connectivity index (χ0n) is 17.3. The van der Waals surface area contributed by atoms with Gasteiger partial charge in [0, 0.05) is 10.5 Å². The van der Waals surface area contributed by atoms with Crippen LogP contribution in [0.4, 0.5) is 0 Å². The lowest BCUT2D eigenvalue weighted by Crippen LogP contribution is -2.18. The third kappa shape index (κ3) is 3.98. The molecule has 0 fully saturated rings. The molecular formula is C22H29N3OS. The van der Waals surface area contributed by atoms with Crippen LogP contribution in [-0.2, 0) is 10.8 Å². The summed E-state index contributed by atoms with van der Waals surface area (Å²) in [5, 5.41) is 20.3. The first-order valence-electron chi connectivity index (χ1n) is 9.39. The van der Waals surface area contributed by atoms with Gasteiger partial charge in [-0.3, -0.25) is 0 Å². The van der Waals surface area contributed by atoms with Gasteiger partial charge in [-0.1, -0.05) is 54.5 Å². The highest BCUT2D eigenvalue weighted by Crippen LogP contribution is 2.39. The van der Waals surface area contributed by atoms with E-state index in [1.807, 2.05) is 12.1 Å². The average Bonchev–Trinajstić information content (AvgIpc) is 2.96. The number of hydrogen-bond acceptors (Lipinski definition) is 4. The third-order valence-electron chi connectivity index (χ3n) is 4.64. The van der Waals surface area contributed by atoms with Crippen molar-refractivity contribution in [2.75, 3.05) is 5.75 Å². The highest BCUT2D eigenvalue weighted by atomic mass is 32.2. The maximum atomic E-state index is 11.0. The predicted molar refractivity (Wildman–Crippen MR) is 114 cm³/mol. The van der Waals surface area contributed by atoms with E-state index in [1.165, 1.54) is 4.90 Å². The Morgan fingerprint density at radius 2 is 1.59 bits per heavy atom. The van der Waals surface area contributed by atoms with Gasteiger partial charge in [0.25, 0.3) is 0 Å². The van der Waals surface area contributed by atoms with E-state index >= 15 is 0 Å². The van der Waals surface area contributed by atoms with Crippen molar-refractivity contribution in [2.24, 2.45) is 0 Å². The summed E-state index contributed by atoms with van der Waals surface area (Å²) in [6, 6.07) is 10.2. The quantitative estimate of drug-likeness (QED) is 0.578. The lowest BCUT2D eigenvalue weighted by atomic mass is 9.80. The highest BCUT2D eigenvalue weighted by molar-refractivity contribution is 7.99. The zero-order valence-corrected chi connectivity index (χ0v) is 18.1. The maximum Gasteiger partial charge on any atom is 0.146 e. The van der Waals surface area contributed by atoms with Gasteiger partial charge in [-0.15, -0.1) is 26.8 Å². The minimum Gasteiger partial charge on any atom is -0.505 e. The van der Waals surface area contributed by atoms with E-state index in [-0.39, 0.29) is 16.6 Å². The molecule has 0 aliphatic rings. The summed E-state index contributed by atoms with van der Waals surface area (Å²) in [6.45, 7) is 15.0. The van der Waals surface area contributed by atoms with Crippen molar-refractivity contribution in [3.05, 3.63) is 41.5 Å². The van der Waals surface area contributed by atoms with Crippen molar-refractivity contribution in [1.29, 1.82) is 0 Å². The van der Waals surface area contributed by atoms with Crippen LogP contribution < -0.4 is 0 Å². The predicted octanol–water partition coefficient (Wildman–Crippen LogP) is 5.83. The number of fused-ring (bicyclic) bond motifs is 1. The molecule has 0 spiro atoms. The number of hydrogen-bond donors (Lipinski definition) is 1. The molecule has 27 heavy (non-hydrogen) atoms. The van der Waals surface area contributed by atoms with Crippen LogP contribution in [0.3, 0.4) is 0 Å². The second-order valence-electron chi connectivity index (χ2n) is 8.96. The van der Waals surface area contributed by atoms with Crippen molar-refractivity contribution < 1.29 is 5.11 Å². The molecule has 144 valence electrons. The van der Waals surface area contributed by atoms with Crippen molar-refractivity contribution >= 4 is 22.8 Å². The molecule has 5 heteroatoms. The molecule has 1 heterocycles. The number of thioether (sulfide) groups is 1. The molecule has 1 N–H and O–H groups in total. The maximum absolute atomic E-state index is 11.0. The summed E-state index contributed by atoms with van der Waals surface area (Å²) in [5.74, 6) is 1.27. The van der Waals surface area contributed by atoms with Crippen molar-refractivity contribution in [3.63, 3.8) is 0 Å². The van der Waals surface area contributed by atoms with Gasteiger partial charge in [0.05, 0.1) is 0 Å². The number of aromatic nitrogens is 3. The molecule has 0 aliphatic carbocycles. The number of benzene rings is 2. The summed E-state index contributed by atoms with van der Waals surface area (Å²) in [6.07, 6.45) is 0. The van der Waals surface area contributed by atoms with E-state index in [1.54, 1.807) is 16.6 Å². The first kappa shape index (κ1) is 19.7. The largest absolute Gasteiger partial charge is 0.505 e.